The zero-order valence-electron chi connectivity index (χ0n) is 14.4. The van der Waals surface area contributed by atoms with Gasteiger partial charge in [-0.25, -0.2) is 9.89 Å². The molecule has 1 heterocycles. The molecule has 0 atom stereocenters. The summed E-state index contributed by atoms with van der Waals surface area (Å²) in [6.45, 7) is 1.91. The van der Waals surface area contributed by atoms with E-state index in [1.54, 1.807) is 24.3 Å². The second kappa shape index (κ2) is 7.52. The van der Waals surface area contributed by atoms with E-state index in [1.165, 1.54) is 13.3 Å². The molecule has 0 aliphatic carbocycles. The first-order valence-corrected chi connectivity index (χ1v) is 7.94. The van der Waals surface area contributed by atoms with E-state index >= 15 is 0 Å². The molecule has 3 N–H and O–H groups in total. The van der Waals surface area contributed by atoms with Crippen LogP contribution >= 0.6 is 0 Å². The monoisotopic (exact) mass is 350 g/mol. The molecule has 2 amide bonds. The molecule has 0 aliphatic rings. The highest BCUT2D eigenvalue weighted by atomic mass is 16.5. The maximum absolute atomic E-state index is 12.3. The highest BCUT2D eigenvalue weighted by Gasteiger charge is 2.11. The van der Waals surface area contributed by atoms with Gasteiger partial charge >= 0.3 is 6.03 Å². The van der Waals surface area contributed by atoms with Crippen molar-refractivity contribution in [3.05, 3.63) is 70.6 Å². The van der Waals surface area contributed by atoms with Crippen molar-refractivity contribution in [3.63, 3.8) is 0 Å². The van der Waals surface area contributed by atoms with E-state index < -0.39 is 0 Å². The zero-order chi connectivity index (χ0) is 18.5. The standard InChI is InChI=1S/C19H18N4O3/c1-12-5-3-4-6-15(12)21-19(25)22-16-8-7-13(11-17(16)26-2)14-9-10-20-23-18(14)24/h3-11H,1-2H3,(H,23,24)(H2,21,22,25). The number of carbonyl (C=O) groups excluding carboxylic acids is 1. The van der Waals surface area contributed by atoms with Gasteiger partial charge in [-0.2, -0.15) is 5.10 Å². The highest BCUT2D eigenvalue weighted by Crippen LogP contribution is 2.29. The molecular formula is C19H18N4O3. The van der Waals surface area contributed by atoms with Gasteiger partial charge in [-0.05, 0) is 42.3 Å². The molecule has 0 saturated heterocycles. The first-order chi connectivity index (χ1) is 12.6. The molecule has 7 nitrogen and oxygen atoms in total. The van der Waals surface area contributed by atoms with Gasteiger partial charge < -0.3 is 15.4 Å². The number of methoxy groups -OCH3 is 1. The minimum absolute atomic E-state index is 0.299. The van der Waals surface area contributed by atoms with Crippen molar-refractivity contribution >= 4 is 17.4 Å². The van der Waals surface area contributed by atoms with Crippen molar-refractivity contribution in [2.45, 2.75) is 6.92 Å². The molecule has 3 aromatic rings. The van der Waals surface area contributed by atoms with E-state index in [-0.39, 0.29) is 11.6 Å². The third-order valence-corrected chi connectivity index (χ3v) is 3.88. The molecule has 0 bridgehead atoms. The van der Waals surface area contributed by atoms with Gasteiger partial charge in [-0.3, -0.25) is 4.79 Å². The molecule has 0 spiro atoms. The van der Waals surface area contributed by atoms with Gasteiger partial charge in [0.1, 0.15) is 5.75 Å². The lowest BCUT2D eigenvalue weighted by Gasteiger charge is -2.13. The number of aryl methyl sites for hydroxylation is 1. The van der Waals surface area contributed by atoms with Crippen molar-refractivity contribution in [3.8, 4) is 16.9 Å². The van der Waals surface area contributed by atoms with Crippen molar-refractivity contribution in [1.29, 1.82) is 0 Å². The van der Waals surface area contributed by atoms with Crippen LogP contribution in [0.5, 0.6) is 5.75 Å². The summed E-state index contributed by atoms with van der Waals surface area (Å²) in [4.78, 5) is 24.1. The first kappa shape index (κ1) is 17.2. The Morgan fingerprint density at radius 1 is 1.08 bits per heavy atom. The molecular weight excluding hydrogens is 332 g/mol. The third kappa shape index (κ3) is 3.72. The smallest absolute Gasteiger partial charge is 0.323 e. The molecule has 2 aromatic carbocycles. The lowest BCUT2D eigenvalue weighted by molar-refractivity contribution is 0.262. The third-order valence-electron chi connectivity index (χ3n) is 3.88. The number of ether oxygens (including phenoxy) is 1. The van der Waals surface area contributed by atoms with Crippen molar-refractivity contribution in [2.75, 3.05) is 17.7 Å². The number of aromatic nitrogens is 2. The van der Waals surface area contributed by atoms with Gasteiger partial charge in [0.25, 0.3) is 5.56 Å². The van der Waals surface area contributed by atoms with E-state index in [4.69, 9.17) is 4.74 Å². The number of benzene rings is 2. The molecule has 3 rings (SSSR count). The Bertz CT molecular complexity index is 998. The van der Waals surface area contributed by atoms with Crippen LogP contribution < -0.4 is 20.9 Å². The number of hydrogen-bond acceptors (Lipinski definition) is 4. The number of urea groups is 1. The molecule has 26 heavy (non-hydrogen) atoms. The number of nitrogens with zero attached hydrogens (tertiary/aromatic N) is 1. The van der Waals surface area contributed by atoms with E-state index in [0.29, 0.717) is 22.6 Å². The number of para-hydroxylation sites is 1. The number of anilines is 2. The van der Waals surface area contributed by atoms with E-state index in [1.807, 2.05) is 31.2 Å². The largest absolute Gasteiger partial charge is 0.495 e. The topological polar surface area (TPSA) is 96.1 Å². The number of aromatic amines is 1. The van der Waals surface area contributed by atoms with Gasteiger partial charge in [-0.1, -0.05) is 24.3 Å². The number of carbonyl (C=O) groups is 1. The Morgan fingerprint density at radius 2 is 1.85 bits per heavy atom. The maximum atomic E-state index is 12.3. The summed E-state index contributed by atoms with van der Waals surface area (Å²) in [5.74, 6) is 0.443. The fraction of sp³-hybridized carbons (Fsp3) is 0.105. The molecule has 0 radical (unpaired) electrons. The summed E-state index contributed by atoms with van der Waals surface area (Å²) >= 11 is 0. The average Bonchev–Trinajstić information content (AvgIpc) is 2.64. The SMILES string of the molecule is COc1cc(-c2ccn[nH]c2=O)ccc1NC(=O)Nc1ccccc1C. The highest BCUT2D eigenvalue weighted by molar-refractivity contribution is 6.01. The van der Waals surface area contributed by atoms with Crippen molar-refractivity contribution < 1.29 is 9.53 Å². The molecule has 132 valence electrons. The predicted octanol–water partition coefficient (Wildman–Crippen LogP) is 3.40. The fourth-order valence-electron chi connectivity index (χ4n) is 2.52. The van der Waals surface area contributed by atoms with Crippen molar-refractivity contribution in [2.24, 2.45) is 0 Å². The quantitative estimate of drug-likeness (QED) is 0.672. The summed E-state index contributed by atoms with van der Waals surface area (Å²) in [5.41, 5.74) is 3.01. The predicted molar refractivity (Wildman–Crippen MR) is 101 cm³/mol. The van der Waals surface area contributed by atoms with Crippen LogP contribution in [0, 0.1) is 6.92 Å². The minimum Gasteiger partial charge on any atom is -0.495 e. The summed E-state index contributed by atoms with van der Waals surface area (Å²) in [5, 5.41) is 11.6. The lowest BCUT2D eigenvalue weighted by Crippen LogP contribution is -2.20. The van der Waals surface area contributed by atoms with E-state index in [0.717, 1.165) is 11.3 Å². The number of rotatable bonds is 4. The average molecular weight is 350 g/mol. The fourth-order valence-corrected chi connectivity index (χ4v) is 2.52. The van der Waals surface area contributed by atoms with Crippen LogP contribution in [0.4, 0.5) is 16.2 Å². The van der Waals surface area contributed by atoms with Gasteiger partial charge in [-0.15, -0.1) is 0 Å². The molecule has 0 saturated carbocycles. The van der Waals surface area contributed by atoms with Crippen molar-refractivity contribution in [1.82, 2.24) is 10.2 Å². The number of nitrogens with one attached hydrogen (secondary N) is 3. The summed E-state index contributed by atoms with van der Waals surface area (Å²) in [6.07, 6.45) is 1.50. The van der Waals surface area contributed by atoms with Crippen LogP contribution in [0.15, 0.2) is 59.5 Å². The molecule has 0 fully saturated rings. The Hall–Kier alpha value is -3.61. The second-order valence-corrected chi connectivity index (χ2v) is 5.61. The normalized spacial score (nSPS) is 10.2. The summed E-state index contributed by atoms with van der Waals surface area (Å²) < 4.78 is 5.35. The van der Waals surface area contributed by atoms with Crippen LogP contribution in [0.3, 0.4) is 0 Å². The lowest BCUT2D eigenvalue weighted by atomic mass is 10.1. The van der Waals surface area contributed by atoms with Gasteiger partial charge in [0.15, 0.2) is 0 Å². The van der Waals surface area contributed by atoms with Gasteiger partial charge in [0.2, 0.25) is 0 Å². The number of hydrogen-bond donors (Lipinski definition) is 3. The Kier molecular flexibility index (Phi) is 4.98. The van der Waals surface area contributed by atoms with E-state index in [2.05, 4.69) is 20.8 Å². The Labute approximate surface area is 150 Å². The van der Waals surface area contributed by atoms with Crippen LogP contribution in [0.25, 0.3) is 11.1 Å². The summed E-state index contributed by atoms with van der Waals surface area (Å²) in [6, 6.07) is 13.8. The molecule has 0 aliphatic heterocycles. The number of amides is 2. The molecule has 7 heteroatoms. The molecule has 0 unspecified atom stereocenters. The van der Waals surface area contributed by atoms with Crippen LogP contribution in [0.1, 0.15) is 5.56 Å². The number of H-pyrrole nitrogens is 1. The minimum atomic E-state index is -0.382. The van der Waals surface area contributed by atoms with Crippen LogP contribution in [-0.4, -0.2) is 23.3 Å². The summed E-state index contributed by atoms with van der Waals surface area (Å²) in [7, 11) is 1.50. The van der Waals surface area contributed by atoms with Gasteiger partial charge in [0.05, 0.1) is 18.4 Å². The zero-order valence-corrected chi connectivity index (χ0v) is 14.4. The molecule has 1 aromatic heterocycles. The van der Waals surface area contributed by atoms with Gasteiger partial charge in [0, 0.05) is 11.9 Å². The van der Waals surface area contributed by atoms with Crippen LogP contribution in [0.2, 0.25) is 0 Å². The second-order valence-electron chi connectivity index (χ2n) is 5.61. The van der Waals surface area contributed by atoms with Crippen LogP contribution in [-0.2, 0) is 0 Å². The maximum Gasteiger partial charge on any atom is 0.323 e. The Balaban J connectivity index is 1.82. The Morgan fingerprint density at radius 3 is 2.58 bits per heavy atom. The first-order valence-electron chi connectivity index (χ1n) is 7.94. The van der Waals surface area contributed by atoms with E-state index in [9.17, 15) is 9.59 Å².